The molecular formula is C6H10N2O5. The fourth-order valence-corrected chi connectivity index (χ4v) is 0.775. The van der Waals surface area contributed by atoms with Crippen molar-refractivity contribution in [3.8, 4) is 0 Å². The van der Waals surface area contributed by atoms with E-state index in [2.05, 4.69) is 0 Å². The van der Waals surface area contributed by atoms with E-state index < -0.39 is 23.8 Å². The van der Waals surface area contributed by atoms with Gasteiger partial charge in [0.2, 0.25) is 5.91 Å². The van der Waals surface area contributed by atoms with Crippen molar-refractivity contribution in [2.24, 2.45) is 11.7 Å². The zero-order chi connectivity index (χ0) is 10.4. The van der Waals surface area contributed by atoms with E-state index in [0.29, 0.717) is 6.29 Å². The Bertz CT molecular complexity index is 217. The van der Waals surface area contributed by atoms with Gasteiger partial charge in [-0.3, -0.25) is 14.8 Å². The van der Waals surface area contributed by atoms with E-state index in [4.69, 9.17) is 16.0 Å². The number of carbonyl (C=O) groups excluding carboxylic acids is 2. The van der Waals surface area contributed by atoms with E-state index in [1.807, 2.05) is 0 Å². The smallest absolute Gasteiger partial charge is 0.321 e. The van der Waals surface area contributed by atoms with E-state index in [1.165, 1.54) is 5.48 Å². The Labute approximate surface area is 73.5 Å². The quantitative estimate of drug-likeness (QED) is 0.228. The number of rotatable bonds is 5. The minimum atomic E-state index is -1.50. The zero-order valence-corrected chi connectivity index (χ0v) is 6.64. The molecule has 0 fully saturated rings. The molecule has 0 aromatic heterocycles. The zero-order valence-electron chi connectivity index (χ0n) is 6.64. The first-order valence-electron chi connectivity index (χ1n) is 3.40. The number of nitrogens with one attached hydrogen (secondary N) is 1. The predicted octanol–water partition coefficient (Wildman–Crippen LogP) is -1.89. The van der Waals surface area contributed by atoms with Gasteiger partial charge in [0.15, 0.2) is 0 Å². The summed E-state index contributed by atoms with van der Waals surface area (Å²) in [6, 6.07) is -1.50. The molecule has 13 heavy (non-hydrogen) atoms. The van der Waals surface area contributed by atoms with Crippen LogP contribution in [0, 0.1) is 5.92 Å². The summed E-state index contributed by atoms with van der Waals surface area (Å²) in [6.45, 7) is 0. The summed E-state index contributed by atoms with van der Waals surface area (Å²) in [5.74, 6) is -3.64. The summed E-state index contributed by atoms with van der Waals surface area (Å²) in [6.07, 6.45) is 0.0164. The van der Waals surface area contributed by atoms with Crippen LogP contribution in [0.15, 0.2) is 0 Å². The molecule has 0 rings (SSSR count). The maximum atomic E-state index is 10.8. The van der Waals surface area contributed by atoms with Crippen LogP contribution in [0.4, 0.5) is 0 Å². The van der Waals surface area contributed by atoms with Crippen LogP contribution in [-0.4, -0.2) is 34.5 Å². The fourth-order valence-electron chi connectivity index (χ4n) is 0.775. The number of nitrogens with two attached hydrogens (primary N) is 1. The lowest BCUT2D eigenvalue weighted by Crippen LogP contribution is -2.45. The molecule has 0 saturated carbocycles. The van der Waals surface area contributed by atoms with Crippen molar-refractivity contribution < 1.29 is 24.7 Å². The van der Waals surface area contributed by atoms with Gasteiger partial charge in [0.05, 0.1) is 5.92 Å². The summed E-state index contributed by atoms with van der Waals surface area (Å²) in [5.41, 5.74) is 6.34. The first kappa shape index (κ1) is 11.5. The molecule has 0 saturated heterocycles. The van der Waals surface area contributed by atoms with E-state index in [-0.39, 0.29) is 6.42 Å². The molecule has 0 aromatic rings. The Morgan fingerprint density at radius 1 is 1.54 bits per heavy atom. The lowest BCUT2D eigenvalue weighted by atomic mass is 9.97. The Balaban J connectivity index is 4.48. The first-order valence-corrected chi connectivity index (χ1v) is 3.40. The van der Waals surface area contributed by atoms with Gasteiger partial charge in [0.1, 0.15) is 12.3 Å². The van der Waals surface area contributed by atoms with Crippen LogP contribution >= 0.6 is 0 Å². The number of amides is 1. The van der Waals surface area contributed by atoms with E-state index in [9.17, 15) is 14.4 Å². The second kappa shape index (κ2) is 5.22. The number of hydrogen-bond acceptors (Lipinski definition) is 5. The van der Waals surface area contributed by atoms with Crippen molar-refractivity contribution in [3.63, 3.8) is 0 Å². The standard InChI is InChI=1S/C6H10N2O5/c7-4(6(11)12)3(1-2-9)5(10)8-13/h2-4,13H,1,7H2,(H,8,10)(H,11,12)/t3-,4+/m1/s1. The van der Waals surface area contributed by atoms with Crippen molar-refractivity contribution in [1.82, 2.24) is 5.48 Å². The third-order valence-corrected chi connectivity index (χ3v) is 1.52. The highest BCUT2D eigenvalue weighted by Crippen LogP contribution is 2.05. The van der Waals surface area contributed by atoms with Gasteiger partial charge < -0.3 is 15.6 Å². The first-order chi connectivity index (χ1) is 6.04. The Morgan fingerprint density at radius 2 is 2.08 bits per heavy atom. The Morgan fingerprint density at radius 3 is 2.38 bits per heavy atom. The van der Waals surface area contributed by atoms with Crippen molar-refractivity contribution in [2.75, 3.05) is 0 Å². The van der Waals surface area contributed by atoms with Gasteiger partial charge in [0.25, 0.3) is 0 Å². The Hall–Kier alpha value is -1.47. The maximum absolute atomic E-state index is 10.8. The number of carboxylic acid groups (broad SMARTS) is 1. The average molecular weight is 190 g/mol. The van der Waals surface area contributed by atoms with Crippen LogP contribution in [0.5, 0.6) is 0 Å². The van der Waals surface area contributed by atoms with Crippen LogP contribution < -0.4 is 11.2 Å². The monoisotopic (exact) mass is 190 g/mol. The van der Waals surface area contributed by atoms with Gasteiger partial charge in [-0.2, -0.15) is 0 Å². The number of carbonyl (C=O) groups is 3. The van der Waals surface area contributed by atoms with Crippen LogP contribution in [0.3, 0.4) is 0 Å². The van der Waals surface area contributed by atoms with Crippen LogP contribution in [0.1, 0.15) is 6.42 Å². The summed E-state index contributed by atoms with van der Waals surface area (Å²) in [4.78, 5) is 31.2. The molecule has 0 aliphatic rings. The highest BCUT2D eigenvalue weighted by Gasteiger charge is 2.29. The SMILES string of the molecule is N[C@H](C(=O)O)[C@@H](CC=O)C(=O)NO. The summed E-state index contributed by atoms with van der Waals surface area (Å²) in [5, 5.41) is 16.6. The molecule has 0 aliphatic heterocycles. The highest BCUT2D eigenvalue weighted by molar-refractivity contribution is 5.87. The molecule has 0 aromatic carbocycles. The number of hydrogen-bond donors (Lipinski definition) is 4. The molecule has 7 nitrogen and oxygen atoms in total. The molecule has 0 aliphatic carbocycles. The molecule has 5 N–H and O–H groups in total. The summed E-state index contributed by atoms with van der Waals surface area (Å²) < 4.78 is 0. The largest absolute Gasteiger partial charge is 0.480 e. The Kier molecular flexibility index (Phi) is 4.63. The molecular weight excluding hydrogens is 180 g/mol. The van der Waals surface area contributed by atoms with Gasteiger partial charge in [-0.1, -0.05) is 0 Å². The van der Waals surface area contributed by atoms with Gasteiger partial charge in [-0.25, -0.2) is 5.48 Å². The second-order valence-corrected chi connectivity index (χ2v) is 2.35. The second-order valence-electron chi connectivity index (χ2n) is 2.35. The van der Waals surface area contributed by atoms with Gasteiger partial charge in [0, 0.05) is 6.42 Å². The van der Waals surface area contributed by atoms with Crippen molar-refractivity contribution in [2.45, 2.75) is 12.5 Å². The van der Waals surface area contributed by atoms with E-state index in [0.717, 1.165) is 0 Å². The molecule has 74 valence electrons. The summed E-state index contributed by atoms with van der Waals surface area (Å²) in [7, 11) is 0. The van der Waals surface area contributed by atoms with Crippen molar-refractivity contribution >= 4 is 18.2 Å². The van der Waals surface area contributed by atoms with Crippen LogP contribution in [-0.2, 0) is 14.4 Å². The molecule has 0 radical (unpaired) electrons. The minimum absolute atomic E-state index is 0.347. The topological polar surface area (TPSA) is 130 Å². The number of hydroxylamine groups is 1. The normalized spacial score (nSPS) is 14.3. The minimum Gasteiger partial charge on any atom is -0.480 e. The van der Waals surface area contributed by atoms with Crippen LogP contribution in [0.2, 0.25) is 0 Å². The van der Waals surface area contributed by atoms with Gasteiger partial charge >= 0.3 is 5.97 Å². The lowest BCUT2D eigenvalue weighted by Gasteiger charge is -2.15. The number of aliphatic carboxylic acids is 1. The van der Waals surface area contributed by atoms with E-state index in [1.54, 1.807) is 0 Å². The maximum Gasteiger partial charge on any atom is 0.321 e. The predicted molar refractivity (Wildman–Crippen MR) is 39.7 cm³/mol. The van der Waals surface area contributed by atoms with Crippen molar-refractivity contribution in [3.05, 3.63) is 0 Å². The highest BCUT2D eigenvalue weighted by atomic mass is 16.5. The number of aldehydes is 1. The third-order valence-electron chi connectivity index (χ3n) is 1.52. The van der Waals surface area contributed by atoms with Crippen molar-refractivity contribution in [1.29, 1.82) is 0 Å². The molecule has 0 bridgehead atoms. The molecule has 7 heteroatoms. The van der Waals surface area contributed by atoms with E-state index >= 15 is 0 Å². The van der Waals surface area contributed by atoms with Gasteiger partial charge in [-0.05, 0) is 0 Å². The van der Waals surface area contributed by atoms with Gasteiger partial charge in [-0.15, -0.1) is 0 Å². The lowest BCUT2D eigenvalue weighted by molar-refractivity contribution is -0.145. The molecule has 0 spiro atoms. The molecule has 2 atom stereocenters. The summed E-state index contributed by atoms with van der Waals surface area (Å²) >= 11 is 0. The number of carboxylic acids is 1. The van der Waals surface area contributed by atoms with Crippen LogP contribution in [0.25, 0.3) is 0 Å². The third kappa shape index (κ3) is 3.18. The fraction of sp³-hybridized carbons (Fsp3) is 0.500. The molecule has 0 unspecified atom stereocenters. The molecule has 0 heterocycles. The molecule has 1 amide bonds. The average Bonchev–Trinajstić information content (AvgIpc) is 2.11.